The average Bonchev–Trinajstić information content (AvgIpc) is 3.71. The van der Waals surface area contributed by atoms with Gasteiger partial charge in [-0.05, 0) is 60.7 Å². The number of para-hydroxylation sites is 1. The van der Waals surface area contributed by atoms with E-state index in [9.17, 15) is 9.59 Å². The number of aryl methyl sites for hydroxylation is 1. The van der Waals surface area contributed by atoms with E-state index in [1.807, 2.05) is 73.7 Å². The first-order chi connectivity index (χ1) is 19.1. The Morgan fingerprint density at radius 1 is 1.03 bits per heavy atom. The van der Waals surface area contributed by atoms with E-state index in [-0.39, 0.29) is 37.7 Å². The van der Waals surface area contributed by atoms with Crippen molar-refractivity contribution in [2.75, 3.05) is 6.79 Å². The Balaban J connectivity index is 1.39. The molecule has 2 heterocycles. The van der Waals surface area contributed by atoms with Gasteiger partial charge < -0.3 is 19.7 Å². The maximum Gasteiger partial charge on any atom is 0.247 e. The van der Waals surface area contributed by atoms with E-state index in [1.165, 1.54) is 0 Å². The summed E-state index contributed by atoms with van der Waals surface area (Å²) in [5.74, 6) is 0.886. The summed E-state index contributed by atoms with van der Waals surface area (Å²) >= 11 is 0. The van der Waals surface area contributed by atoms with Crippen molar-refractivity contribution in [2.45, 2.75) is 57.8 Å². The molecule has 1 aliphatic heterocycles. The molecular formula is C30H31N5O4. The van der Waals surface area contributed by atoms with Crippen LogP contribution in [-0.2, 0) is 22.7 Å². The Hall–Kier alpha value is -4.40. The second-order valence-corrected chi connectivity index (χ2v) is 10.2. The van der Waals surface area contributed by atoms with Gasteiger partial charge in [0.2, 0.25) is 18.6 Å². The average molecular weight is 526 g/mol. The Bertz CT molecular complexity index is 1510. The smallest absolute Gasteiger partial charge is 0.247 e. The number of rotatable bonds is 8. The van der Waals surface area contributed by atoms with Crippen LogP contribution in [0, 0.1) is 6.92 Å². The monoisotopic (exact) mass is 525 g/mol. The van der Waals surface area contributed by atoms with Gasteiger partial charge in [-0.1, -0.05) is 60.5 Å². The van der Waals surface area contributed by atoms with Gasteiger partial charge in [-0.2, -0.15) is 0 Å². The first kappa shape index (κ1) is 24.9. The lowest BCUT2D eigenvalue weighted by molar-refractivity contribution is -0.142. The molecule has 0 radical (unpaired) electrons. The highest BCUT2D eigenvalue weighted by molar-refractivity contribution is 5.89. The van der Waals surface area contributed by atoms with E-state index in [1.54, 1.807) is 9.58 Å². The highest BCUT2D eigenvalue weighted by Crippen LogP contribution is 2.34. The number of nitrogens with zero attached hydrogens (tertiary/aromatic N) is 4. The van der Waals surface area contributed by atoms with Gasteiger partial charge in [-0.15, -0.1) is 5.10 Å². The van der Waals surface area contributed by atoms with Crippen LogP contribution in [0.1, 0.15) is 48.4 Å². The number of carbonyl (C=O) groups is 2. The molecule has 6 rings (SSSR count). The van der Waals surface area contributed by atoms with Crippen LogP contribution in [0.4, 0.5) is 0 Å². The Morgan fingerprint density at radius 2 is 1.79 bits per heavy atom. The molecule has 1 atom stereocenters. The van der Waals surface area contributed by atoms with Gasteiger partial charge in [-0.3, -0.25) is 9.59 Å². The number of hydrogen-bond donors (Lipinski definition) is 1. The number of nitrogens with one attached hydrogen (secondary N) is 1. The summed E-state index contributed by atoms with van der Waals surface area (Å²) in [6.07, 6.45) is 4.10. The predicted octanol–water partition coefficient (Wildman–Crippen LogP) is 4.30. The molecule has 0 unspecified atom stereocenters. The van der Waals surface area contributed by atoms with Crippen LogP contribution in [0.25, 0.3) is 11.0 Å². The van der Waals surface area contributed by atoms with Gasteiger partial charge in [-0.25, -0.2) is 4.68 Å². The van der Waals surface area contributed by atoms with Crippen molar-refractivity contribution in [1.82, 2.24) is 25.2 Å². The number of aromatic nitrogens is 3. The predicted molar refractivity (Wildman–Crippen MR) is 145 cm³/mol. The standard InChI is InChI=1S/C30H31N5O4/c1-20-8-2-5-11-23(20)29(30(37)31-22-9-3-4-10-22)34(17-21-14-15-26-27(16-21)39-19-38-26)28(36)18-35-25-13-7-6-12-24(25)32-33-35/h2,5-8,11-16,22,29H,3-4,9-10,17-19H2,1H3,(H,31,37)/t29-/m0/s1. The van der Waals surface area contributed by atoms with Crippen molar-refractivity contribution < 1.29 is 19.1 Å². The van der Waals surface area contributed by atoms with Crippen molar-refractivity contribution in [3.63, 3.8) is 0 Å². The molecule has 1 N–H and O–H groups in total. The van der Waals surface area contributed by atoms with E-state index < -0.39 is 6.04 Å². The fourth-order valence-corrected chi connectivity index (χ4v) is 5.51. The summed E-state index contributed by atoms with van der Waals surface area (Å²) < 4.78 is 12.7. The van der Waals surface area contributed by atoms with Crippen LogP contribution in [0.15, 0.2) is 66.7 Å². The number of amides is 2. The minimum atomic E-state index is -0.820. The van der Waals surface area contributed by atoms with Crippen molar-refractivity contribution in [1.29, 1.82) is 0 Å². The molecule has 1 aliphatic carbocycles. The van der Waals surface area contributed by atoms with E-state index in [0.29, 0.717) is 17.0 Å². The lowest BCUT2D eigenvalue weighted by Gasteiger charge is -2.33. The number of benzene rings is 3. The van der Waals surface area contributed by atoms with Crippen LogP contribution < -0.4 is 14.8 Å². The normalized spacial score (nSPS) is 15.4. The van der Waals surface area contributed by atoms with E-state index >= 15 is 0 Å². The quantitative estimate of drug-likeness (QED) is 0.368. The molecule has 2 amide bonds. The van der Waals surface area contributed by atoms with Gasteiger partial charge in [0.05, 0.1) is 5.52 Å². The van der Waals surface area contributed by atoms with Crippen molar-refractivity contribution >= 4 is 22.8 Å². The lowest BCUT2D eigenvalue weighted by Crippen LogP contribution is -2.47. The minimum Gasteiger partial charge on any atom is -0.454 e. The Labute approximate surface area is 226 Å². The molecule has 4 aromatic rings. The number of carbonyl (C=O) groups excluding carboxylic acids is 2. The largest absolute Gasteiger partial charge is 0.454 e. The molecule has 0 saturated heterocycles. The van der Waals surface area contributed by atoms with Gasteiger partial charge in [0, 0.05) is 12.6 Å². The molecule has 2 aliphatic rings. The third kappa shape index (κ3) is 5.16. The second-order valence-electron chi connectivity index (χ2n) is 10.2. The summed E-state index contributed by atoms with van der Waals surface area (Å²) in [5.41, 5.74) is 4.05. The molecule has 9 heteroatoms. The van der Waals surface area contributed by atoms with Crippen LogP contribution in [-0.4, -0.2) is 44.5 Å². The SMILES string of the molecule is Cc1ccccc1[C@@H](C(=O)NC1CCCC1)N(Cc1ccc2c(c1)OCO2)C(=O)Cn1nnc2ccccc21. The molecule has 0 spiro atoms. The second kappa shape index (κ2) is 10.8. The first-order valence-electron chi connectivity index (χ1n) is 13.4. The van der Waals surface area contributed by atoms with Gasteiger partial charge in [0.25, 0.3) is 0 Å². The summed E-state index contributed by atoms with van der Waals surface area (Å²) in [7, 11) is 0. The molecule has 200 valence electrons. The van der Waals surface area contributed by atoms with Crippen LogP contribution in [0.5, 0.6) is 11.5 Å². The zero-order valence-electron chi connectivity index (χ0n) is 21.9. The van der Waals surface area contributed by atoms with E-state index in [0.717, 1.165) is 47.9 Å². The molecule has 9 nitrogen and oxygen atoms in total. The summed E-state index contributed by atoms with van der Waals surface area (Å²) in [4.78, 5) is 29.8. The molecule has 1 fully saturated rings. The van der Waals surface area contributed by atoms with Gasteiger partial charge in [0.1, 0.15) is 18.1 Å². The zero-order valence-corrected chi connectivity index (χ0v) is 21.9. The van der Waals surface area contributed by atoms with Crippen LogP contribution in [0.3, 0.4) is 0 Å². The Kier molecular flexibility index (Phi) is 6.87. The fourth-order valence-electron chi connectivity index (χ4n) is 5.51. The third-order valence-corrected chi connectivity index (χ3v) is 7.56. The topological polar surface area (TPSA) is 98.6 Å². The number of ether oxygens (including phenoxy) is 2. The molecular weight excluding hydrogens is 494 g/mol. The van der Waals surface area contributed by atoms with Gasteiger partial charge >= 0.3 is 0 Å². The van der Waals surface area contributed by atoms with Crippen LogP contribution in [0.2, 0.25) is 0 Å². The van der Waals surface area contributed by atoms with E-state index in [2.05, 4.69) is 15.6 Å². The van der Waals surface area contributed by atoms with Crippen molar-refractivity contribution in [3.05, 3.63) is 83.4 Å². The summed E-state index contributed by atoms with van der Waals surface area (Å²) in [6.45, 7) is 2.29. The summed E-state index contributed by atoms with van der Waals surface area (Å²) in [5, 5.41) is 11.7. The van der Waals surface area contributed by atoms with Gasteiger partial charge in [0.15, 0.2) is 11.5 Å². The van der Waals surface area contributed by atoms with E-state index in [4.69, 9.17) is 9.47 Å². The fraction of sp³-hybridized carbons (Fsp3) is 0.333. The molecule has 1 saturated carbocycles. The Morgan fingerprint density at radius 3 is 2.64 bits per heavy atom. The maximum absolute atomic E-state index is 14.2. The summed E-state index contributed by atoms with van der Waals surface area (Å²) in [6, 6.07) is 20.2. The first-order valence-corrected chi connectivity index (χ1v) is 13.4. The number of fused-ring (bicyclic) bond motifs is 2. The molecule has 1 aromatic heterocycles. The molecule has 39 heavy (non-hydrogen) atoms. The van der Waals surface area contributed by atoms with Crippen LogP contribution >= 0.6 is 0 Å². The lowest BCUT2D eigenvalue weighted by atomic mass is 9.97. The zero-order chi connectivity index (χ0) is 26.8. The number of hydrogen-bond acceptors (Lipinski definition) is 6. The highest BCUT2D eigenvalue weighted by atomic mass is 16.7. The molecule has 0 bridgehead atoms. The third-order valence-electron chi connectivity index (χ3n) is 7.56. The minimum absolute atomic E-state index is 0.0514. The maximum atomic E-state index is 14.2. The molecule has 3 aromatic carbocycles. The highest BCUT2D eigenvalue weighted by Gasteiger charge is 2.34. The van der Waals surface area contributed by atoms with Crippen molar-refractivity contribution in [3.8, 4) is 11.5 Å². The van der Waals surface area contributed by atoms with Crippen molar-refractivity contribution in [2.24, 2.45) is 0 Å².